The maximum atomic E-state index is 14.7. The molecule has 0 radical (unpaired) electrons. The Balaban J connectivity index is 1.40. The molecule has 6 atom stereocenters. The van der Waals surface area contributed by atoms with Crippen LogP contribution in [0.1, 0.15) is 77.1 Å². The van der Waals surface area contributed by atoms with Crippen LogP contribution in [-0.4, -0.2) is 68.3 Å². The Morgan fingerprint density at radius 3 is 2.49 bits per heavy atom. The van der Waals surface area contributed by atoms with Gasteiger partial charge in [-0.15, -0.1) is 0 Å². The van der Waals surface area contributed by atoms with Gasteiger partial charge >= 0.3 is 13.7 Å². The van der Waals surface area contributed by atoms with Crippen LogP contribution in [0.4, 0.5) is 5.82 Å². The van der Waals surface area contributed by atoms with Crippen molar-refractivity contribution in [3.05, 3.63) is 89.9 Å². The van der Waals surface area contributed by atoms with Crippen molar-refractivity contribution in [1.82, 2.24) is 19.7 Å². The molecule has 0 aliphatic carbocycles. The number of unbranched alkanes of at least 4 members (excludes halogenated alkanes) is 3. The van der Waals surface area contributed by atoms with Crippen LogP contribution < -0.4 is 15.3 Å². The molecule has 14 heteroatoms. The van der Waals surface area contributed by atoms with E-state index in [0.717, 1.165) is 30.4 Å². The molecule has 4 aromatic rings. The number of hydrogen-bond donors (Lipinski definition) is 4. The lowest BCUT2D eigenvalue weighted by molar-refractivity contribution is -0.146. The van der Waals surface area contributed by atoms with Crippen molar-refractivity contribution in [3.8, 4) is 5.75 Å². The maximum Gasteiger partial charge on any atom is 0.459 e. The zero-order valence-electron chi connectivity index (χ0n) is 29.9. The number of nitrogens with one attached hydrogen (secondary N) is 1. The third-order valence-electron chi connectivity index (χ3n) is 9.13. The Morgan fingerprint density at radius 1 is 1.08 bits per heavy atom. The smallest absolute Gasteiger partial charge is 0.459 e. The third-order valence-corrected chi connectivity index (χ3v) is 10.7. The third kappa shape index (κ3) is 9.15. The first-order valence-electron chi connectivity index (χ1n) is 17.4. The fourth-order valence-corrected chi connectivity index (χ4v) is 7.60. The van der Waals surface area contributed by atoms with Gasteiger partial charge in [0, 0.05) is 0 Å². The minimum absolute atomic E-state index is 0.134. The first-order valence-corrected chi connectivity index (χ1v) is 18.9. The molecule has 0 spiro atoms. The topological polar surface area (TPSA) is 180 Å². The Labute approximate surface area is 299 Å². The molecule has 2 aromatic heterocycles. The number of fused-ring (bicyclic) bond motifs is 1. The lowest BCUT2D eigenvalue weighted by Gasteiger charge is -2.28. The lowest BCUT2D eigenvalue weighted by atomic mass is 9.87. The van der Waals surface area contributed by atoms with Gasteiger partial charge in [0.25, 0.3) is 0 Å². The van der Waals surface area contributed by atoms with Crippen molar-refractivity contribution in [3.63, 3.8) is 0 Å². The molecular formula is C37H50N5O8P. The molecule has 1 fully saturated rings. The highest BCUT2D eigenvalue weighted by atomic mass is 31.2. The number of aliphatic hydroxyl groups is 2. The summed E-state index contributed by atoms with van der Waals surface area (Å²) in [6.45, 7) is 9.69. The number of carbonyl (C=O) groups excluding carboxylic acids is 1. The summed E-state index contributed by atoms with van der Waals surface area (Å²) in [5.74, 6) is -0.135. The van der Waals surface area contributed by atoms with Crippen LogP contribution in [0.15, 0.2) is 73.1 Å². The van der Waals surface area contributed by atoms with Crippen molar-refractivity contribution in [2.45, 2.75) is 102 Å². The summed E-state index contributed by atoms with van der Waals surface area (Å²) in [5, 5.41) is 29.6. The largest absolute Gasteiger partial charge is 0.465 e. The molecule has 5 N–H and O–H groups in total. The van der Waals surface area contributed by atoms with E-state index in [0.29, 0.717) is 17.6 Å². The van der Waals surface area contributed by atoms with Crippen LogP contribution in [0.5, 0.6) is 5.75 Å². The molecule has 51 heavy (non-hydrogen) atoms. The number of ether oxygens (including phenoxy) is 2. The SMILES string of the molecule is CCCCCCOC(=O)[C@H](Cc1ccccc1)NP(=O)(OC[C@H]1O[C@@](C)(c2ccc3c(N)ncnn23)[C@H](O)[C@@H]1O)Oc1ccc(C(C)(C)C)cc1. The highest BCUT2D eigenvalue weighted by molar-refractivity contribution is 7.52. The van der Waals surface area contributed by atoms with Crippen molar-refractivity contribution >= 4 is 25.1 Å². The van der Waals surface area contributed by atoms with Crippen molar-refractivity contribution in [2.75, 3.05) is 18.9 Å². The number of hydrogen-bond acceptors (Lipinski definition) is 11. The molecule has 3 heterocycles. The number of esters is 1. The van der Waals surface area contributed by atoms with E-state index in [1.807, 2.05) is 42.5 Å². The molecule has 1 unspecified atom stereocenters. The van der Waals surface area contributed by atoms with Gasteiger partial charge < -0.3 is 29.9 Å². The predicted molar refractivity (Wildman–Crippen MR) is 193 cm³/mol. The number of nitrogens with zero attached hydrogens (tertiary/aromatic N) is 3. The number of anilines is 1. The maximum absolute atomic E-state index is 14.7. The number of nitrogens with two attached hydrogens (primary N) is 1. The molecular weight excluding hydrogens is 673 g/mol. The Hall–Kier alpha value is -3.84. The molecule has 0 amide bonds. The molecule has 2 aromatic carbocycles. The Bertz CT molecular complexity index is 1800. The number of carbonyl (C=O) groups is 1. The molecule has 0 bridgehead atoms. The van der Waals surface area contributed by atoms with E-state index in [1.54, 1.807) is 31.2 Å². The molecule has 1 saturated heterocycles. The van der Waals surface area contributed by atoms with Crippen molar-refractivity contribution in [2.24, 2.45) is 0 Å². The highest BCUT2D eigenvalue weighted by Crippen LogP contribution is 2.48. The highest BCUT2D eigenvalue weighted by Gasteiger charge is 2.54. The van der Waals surface area contributed by atoms with E-state index in [2.05, 4.69) is 42.9 Å². The van der Waals surface area contributed by atoms with Gasteiger partial charge in [0.2, 0.25) is 0 Å². The number of benzene rings is 2. The van der Waals surface area contributed by atoms with E-state index in [9.17, 15) is 19.6 Å². The minimum Gasteiger partial charge on any atom is -0.465 e. The van der Waals surface area contributed by atoms with Gasteiger partial charge in [-0.3, -0.25) is 9.32 Å². The van der Waals surface area contributed by atoms with E-state index in [1.165, 1.54) is 10.8 Å². The van der Waals surface area contributed by atoms with Crippen LogP contribution in [0.25, 0.3) is 5.52 Å². The predicted octanol–water partition coefficient (Wildman–Crippen LogP) is 5.47. The number of nitrogen functional groups attached to an aromatic ring is 1. The summed E-state index contributed by atoms with van der Waals surface area (Å²) in [5.41, 5.74) is 7.18. The van der Waals surface area contributed by atoms with E-state index in [-0.39, 0.29) is 30.0 Å². The quantitative estimate of drug-likeness (QED) is 0.0652. The van der Waals surface area contributed by atoms with Gasteiger partial charge in [-0.25, -0.2) is 14.1 Å². The van der Waals surface area contributed by atoms with Crippen LogP contribution in [0, 0.1) is 0 Å². The van der Waals surface area contributed by atoms with E-state index < -0.39 is 50.3 Å². The van der Waals surface area contributed by atoms with Gasteiger partial charge in [-0.2, -0.15) is 10.2 Å². The molecule has 5 rings (SSSR count). The second-order valence-corrected chi connectivity index (χ2v) is 15.8. The fraction of sp³-hybridized carbons (Fsp3) is 0.486. The summed E-state index contributed by atoms with van der Waals surface area (Å²) >= 11 is 0. The first kappa shape index (κ1) is 38.4. The summed E-state index contributed by atoms with van der Waals surface area (Å²) in [4.78, 5) is 17.5. The number of rotatable bonds is 16. The number of aliphatic hydroxyl groups excluding tert-OH is 2. The first-order chi connectivity index (χ1) is 24.2. The second kappa shape index (κ2) is 16.2. The van der Waals surface area contributed by atoms with Gasteiger partial charge in [-0.05, 0) is 60.6 Å². The summed E-state index contributed by atoms with van der Waals surface area (Å²) in [7, 11) is -4.41. The average molecular weight is 724 g/mol. The zero-order valence-corrected chi connectivity index (χ0v) is 30.8. The minimum atomic E-state index is -4.41. The van der Waals surface area contributed by atoms with Crippen LogP contribution >= 0.6 is 7.75 Å². The Kier molecular flexibility index (Phi) is 12.2. The Morgan fingerprint density at radius 2 is 1.80 bits per heavy atom. The van der Waals surface area contributed by atoms with Crippen LogP contribution in [-0.2, 0) is 40.8 Å². The van der Waals surface area contributed by atoms with Gasteiger partial charge in [0.1, 0.15) is 47.5 Å². The molecule has 1 aliphatic heterocycles. The fourth-order valence-electron chi connectivity index (χ4n) is 6.10. The van der Waals surface area contributed by atoms with E-state index >= 15 is 0 Å². The molecule has 13 nitrogen and oxygen atoms in total. The zero-order chi connectivity index (χ0) is 36.8. The van der Waals surface area contributed by atoms with Crippen LogP contribution in [0.3, 0.4) is 0 Å². The summed E-state index contributed by atoms with van der Waals surface area (Å²) < 4.78 is 40.2. The summed E-state index contributed by atoms with van der Waals surface area (Å²) in [6, 6.07) is 18.6. The van der Waals surface area contributed by atoms with Gasteiger partial charge in [0.05, 0.1) is 18.9 Å². The normalized spacial score (nSPS) is 22.5. The number of aromatic nitrogens is 3. The van der Waals surface area contributed by atoms with E-state index in [4.69, 9.17) is 24.3 Å². The van der Waals surface area contributed by atoms with Gasteiger partial charge in [0.15, 0.2) is 5.82 Å². The monoisotopic (exact) mass is 723 g/mol. The molecule has 0 saturated carbocycles. The van der Waals surface area contributed by atoms with Crippen molar-refractivity contribution in [1.29, 1.82) is 0 Å². The average Bonchev–Trinajstić information content (AvgIpc) is 3.64. The lowest BCUT2D eigenvalue weighted by Crippen LogP contribution is -2.41. The van der Waals surface area contributed by atoms with Gasteiger partial charge in [-0.1, -0.05) is 89.4 Å². The standard InChI is InChI=1S/C37H50N5O8P/c1-6-7-8-12-21-47-35(45)28(22-25-13-10-9-11-14-25)41-51(46,50-27-17-15-26(16-18-27)36(2,3)4)48-23-30-32(43)33(44)37(5,49-30)31-20-19-29-34(38)39-24-40-42(29)31/h9-11,13-20,24,28,30,32-33,43-44H,6-8,12,21-23H2,1-5H3,(H,41,46)(H2,38,39,40)/t28-,30+,32+,33+,37-,51?/m0/s1. The second-order valence-electron chi connectivity index (χ2n) is 14.1. The summed E-state index contributed by atoms with van der Waals surface area (Å²) in [6.07, 6.45) is 1.08. The van der Waals surface area contributed by atoms with Crippen LogP contribution in [0.2, 0.25) is 0 Å². The van der Waals surface area contributed by atoms with Crippen molar-refractivity contribution < 1.29 is 38.1 Å². The molecule has 276 valence electrons. The molecule has 1 aliphatic rings.